The van der Waals surface area contributed by atoms with Gasteiger partial charge in [-0.3, -0.25) is 9.59 Å². The third kappa shape index (κ3) is 5.06. The molecule has 0 unspecified atom stereocenters. The van der Waals surface area contributed by atoms with E-state index in [0.29, 0.717) is 24.6 Å². The minimum Gasteiger partial charge on any atom is -0.349 e. The molecule has 2 amide bonds. The van der Waals surface area contributed by atoms with Gasteiger partial charge in [-0.15, -0.1) is 0 Å². The molecule has 146 valence electrons. The predicted octanol–water partition coefficient (Wildman–Crippen LogP) is 1.77. The molecule has 7 heteroatoms. The van der Waals surface area contributed by atoms with E-state index in [1.165, 1.54) is 0 Å². The molecule has 0 aromatic carbocycles. The van der Waals surface area contributed by atoms with Crippen molar-refractivity contribution in [3.63, 3.8) is 0 Å². The molecule has 1 N–H and O–H groups in total. The molecule has 1 aromatic heterocycles. The van der Waals surface area contributed by atoms with Gasteiger partial charge >= 0.3 is 0 Å². The molecule has 1 aliphatic rings. The maximum absolute atomic E-state index is 12.8. The zero-order chi connectivity index (χ0) is 19.1. The molecule has 7 nitrogen and oxygen atoms in total. The van der Waals surface area contributed by atoms with Crippen LogP contribution in [-0.4, -0.2) is 71.9 Å². The number of carbonyl (C=O) groups is 2. The SMILES string of the molecule is CCCCN(C)C(=O)c1nc(C(=O)NCCCN(C)C)n2c1CCCC2. The lowest BCUT2D eigenvalue weighted by molar-refractivity contribution is 0.0786. The fourth-order valence-electron chi connectivity index (χ4n) is 3.24. The Bertz CT molecular complexity index is 624. The van der Waals surface area contributed by atoms with E-state index in [1.54, 1.807) is 4.90 Å². The third-order valence-corrected chi connectivity index (χ3v) is 4.78. The summed E-state index contributed by atoms with van der Waals surface area (Å²) in [6.45, 7) is 5.11. The Hall–Kier alpha value is -1.89. The van der Waals surface area contributed by atoms with E-state index in [-0.39, 0.29) is 11.8 Å². The van der Waals surface area contributed by atoms with E-state index in [4.69, 9.17) is 0 Å². The molecule has 1 aromatic rings. The van der Waals surface area contributed by atoms with Gasteiger partial charge in [0.25, 0.3) is 11.8 Å². The minimum atomic E-state index is -0.179. The number of hydrogen-bond donors (Lipinski definition) is 1. The summed E-state index contributed by atoms with van der Waals surface area (Å²) in [5.41, 5.74) is 1.38. The van der Waals surface area contributed by atoms with Crippen LogP contribution in [0.3, 0.4) is 0 Å². The lowest BCUT2D eigenvalue weighted by atomic mass is 10.1. The Morgan fingerprint density at radius 1 is 1.15 bits per heavy atom. The molecule has 0 saturated carbocycles. The van der Waals surface area contributed by atoms with Gasteiger partial charge in [-0.2, -0.15) is 0 Å². The van der Waals surface area contributed by atoms with E-state index < -0.39 is 0 Å². The second kappa shape index (κ2) is 9.71. The number of nitrogens with zero attached hydrogens (tertiary/aromatic N) is 4. The van der Waals surface area contributed by atoms with Crippen molar-refractivity contribution in [1.82, 2.24) is 24.7 Å². The first kappa shape index (κ1) is 20.4. The van der Waals surface area contributed by atoms with Crippen LogP contribution >= 0.6 is 0 Å². The highest BCUT2D eigenvalue weighted by atomic mass is 16.2. The zero-order valence-corrected chi connectivity index (χ0v) is 16.7. The van der Waals surface area contributed by atoms with Gasteiger partial charge in [0.15, 0.2) is 5.82 Å². The van der Waals surface area contributed by atoms with Crippen molar-refractivity contribution >= 4 is 11.8 Å². The van der Waals surface area contributed by atoms with Crippen LogP contribution < -0.4 is 5.32 Å². The maximum Gasteiger partial charge on any atom is 0.287 e. The normalized spacial score (nSPS) is 13.6. The number of hydrogen-bond acceptors (Lipinski definition) is 4. The van der Waals surface area contributed by atoms with Crippen LogP contribution in [0.5, 0.6) is 0 Å². The monoisotopic (exact) mass is 363 g/mol. The standard InChI is InChI=1S/C19H33N5O2/c1-5-6-13-23(4)19(26)16-15-10-7-8-14-24(15)17(21-16)18(25)20-11-9-12-22(2)3/h5-14H2,1-4H3,(H,20,25). The van der Waals surface area contributed by atoms with Gasteiger partial charge in [-0.25, -0.2) is 4.98 Å². The van der Waals surface area contributed by atoms with Gasteiger partial charge in [0.05, 0.1) is 5.69 Å². The van der Waals surface area contributed by atoms with Gasteiger partial charge in [0.2, 0.25) is 0 Å². The summed E-state index contributed by atoms with van der Waals surface area (Å²) in [5, 5.41) is 2.95. The van der Waals surface area contributed by atoms with Crippen LogP contribution in [0.25, 0.3) is 0 Å². The van der Waals surface area contributed by atoms with E-state index in [1.807, 2.05) is 25.7 Å². The molecule has 26 heavy (non-hydrogen) atoms. The summed E-state index contributed by atoms with van der Waals surface area (Å²) in [7, 11) is 5.84. The number of unbranched alkanes of at least 4 members (excludes halogenated alkanes) is 1. The minimum absolute atomic E-state index is 0.0734. The fourth-order valence-corrected chi connectivity index (χ4v) is 3.24. The average molecular weight is 364 g/mol. The van der Waals surface area contributed by atoms with Crippen LogP contribution in [0, 0.1) is 0 Å². The Balaban J connectivity index is 2.13. The number of fused-ring (bicyclic) bond motifs is 1. The summed E-state index contributed by atoms with van der Waals surface area (Å²) in [4.78, 5) is 33.7. The van der Waals surface area contributed by atoms with E-state index in [0.717, 1.165) is 57.3 Å². The van der Waals surface area contributed by atoms with Gasteiger partial charge in [0, 0.05) is 26.7 Å². The predicted molar refractivity (Wildman–Crippen MR) is 103 cm³/mol. The molecule has 0 atom stereocenters. The second-order valence-corrected chi connectivity index (χ2v) is 7.33. The third-order valence-electron chi connectivity index (χ3n) is 4.78. The number of amides is 2. The number of nitrogens with one attached hydrogen (secondary N) is 1. The number of carbonyl (C=O) groups excluding carboxylic acids is 2. The first-order valence-electron chi connectivity index (χ1n) is 9.73. The topological polar surface area (TPSA) is 70.5 Å². The molecule has 0 spiro atoms. The van der Waals surface area contributed by atoms with Crippen molar-refractivity contribution in [3.8, 4) is 0 Å². The van der Waals surface area contributed by atoms with Crippen molar-refractivity contribution in [2.24, 2.45) is 0 Å². The van der Waals surface area contributed by atoms with E-state index in [9.17, 15) is 9.59 Å². The first-order chi connectivity index (χ1) is 12.5. The van der Waals surface area contributed by atoms with E-state index in [2.05, 4.69) is 22.1 Å². The van der Waals surface area contributed by atoms with Crippen LogP contribution in [0.15, 0.2) is 0 Å². The molecule has 0 bridgehead atoms. The highest BCUT2D eigenvalue weighted by molar-refractivity contribution is 5.97. The Morgan fingerprint density at radius 3 is 2.62 bits per heavy atom. The molecule has 0 radical (unpaired) electrons. The average Bonchev–Trinajstić information content (AvgIpc) is 3.02. The molecule has 1 aliphatic heterocycles. The summed E-state index contributed by atoms with van der Waals surface area (Å²) in [5.74, 6) is 0.134. The highest BCUT2D eigenvalue weighted by Gasteiger charge is 2.28. The van der Waals surface area contributed by atoms with Crippen LogP contribution in [0.4, 0.5) is 0 Å². The van der Waals surface area contributed by atoms with Gasteiger partial charge in [-0.1, -0.05) is 13.3 Å². The Morgan fingerprint density at radius 2 is 1.92 bits per heavy atom. The highest BCUT2D eigenvalue weighted by Crippen LogP contribution is 2.22. The summed E-state index contributed by atoms with van der Waals surface area (Å²) in [6.07, 6.45) is 5.76. The molecule has 0 saturated heterocycles. The van der Waals surface area contributed by atoms with Crippen LogP contribution in [0.2, 0.25) is 0 Å². The lowest BCUT2D eigenvalue weighted by Gasteiger charge is -2.19. The van der Waals surface area contributed by atoms with E-state index >= 15 is 0 Å². The quantitative estimate of drug-likeness (QED) is 0.679. The maximum atomic E-state index is 12.8. The fraction of sp³-hybridized carbons (Fsp3) is 0.737. The van der Waals surface area contributed by atoms with Gasteiger partial charge in [-0.05, 0) is 52.7 Å². The van der Waals surface area contributed by atoms with Crippen LogP contribution in [0.1, 0.15) is 65.8 Å². The first-order valence-corrected chi connectivity index (χ1v) is 9.73. The second-order valence-electron chi connectivity index (χ2n) is 7.33. The van der Waals surface area contributed by atoms with Gasteiger partial charge in [0.1, 0.15) is 5.69 Å². The number of aromatic nitrogens is 2. The number of rotatable bonds is 9. The van der Waals surface area contributed by atoms with Crippen LogP contribution in [-0.2, 0) is 13.0 Å². The van der Waals surface area contributed by atoms with Crippen molar-refractivity contribution in [2.75, 3.05) is 40.8 Å². The molecule has 0 fully saturated rings. The summed E-state index contributed by atoms with van der Waals surface area (Å²) >= 11 is 0. The van der Waals surface area contributed by atoms with Crippen molar-refractivity contribution < 1.29 is 9.59 Å². The largest absolute Gasteiger partial charge is 0.349 e. The molecule has 2 heterocycles. The number of imidazole rings is 1. The molecule has 0 aliphatic carbocycles. The van der Waals surface area contributed by atoms with Gasteiger partial charge < -0.3 is 19.7 Å². The summed E-state index contributed by atoms with van der Waals surface area (Å²) < 4.78 is 1.95. The molecular formula is C19H33N5O2. The molecular weight excluding hydrogens is 330 g/mol. The smallest absolute Gasteiger partial charge is 0.287 e. The summed E-state index contributed by atoms with van der Waals surface area (Å²) in [6, 6.07) is 0. The van der Waals surface area contributed by atoms with Crippen molar-refractivity contribution in [1.29, 1.82) is 0 Å². The van der Waals surface area contributed by atoms with Crippen molar-refractivity contribution in [2.45, 2.75) is 52.0 Å². The Labute approximate surface area is 156 Å². The van der Waals surface area contributed by atoms with Crippen molar-refractivity contribution in [3.05, 3.63) is 17.2 Å². The zero-order valence-electron chi connectivity index (χ0n) is 16.7. The lowest BCUT2D eigenvalue weighted by Crippen LogP contribution is -2.30. The Kier molecular flexibility index (Phi) is 7.63. The molecule has 2 rings (SSSR count).